The minimum Gasteiger partial charge on any atom is -0.489 e. The molecule has 1 saturated heterocycles. The molecular weight excluding hydrogens is 419 g/mol. The SMILES string of the molecule is CN1CCC(Oc2cc(S(=O)(=O)n3ccc4cc(Cl)ccc43)ccc2Cl)CC1. The first kappa shape index (κ1) is 19.6. The summed E-state index contributed by atoms with van der Waals surface area (Å²) in [6.07, 6.45) is 3.32. The highest BCUT2D eigenvalue weighted by Crippen LogP contribution is 2.32. The van der Waals surface area contributed by atoms with E-state index in [9.17, 15) is 8.42 Å². The van der Waals surface area contributed by atoms with Crippen molar-refractivity contribution in [3.8, 4) is 5.75 Å². The van der Waals surface area contributed by atoms with Gasteiger partial charge in [-0.2, -0.15) is 0 Å². The van der Waals surface area contributed by atoms with Crippen molar-refractivity contribution in [3.05, 3.63) is 58.7 Å². The number of fused-ring (bicyclic) bond motifs is 1. The molecule has 0 spiro atoms. The van der Waals surface area contributed by atoms with Gasteiger partial charge in [-0.3, -0.25) is 0 Å². The normalized spacial score (nSPS) is 16.5. The average molecular weight is 439 g/mol. The number of rotatable bonds is 4. The number of nitrogens with zero attached hydrogens (tertiary/aromatic N) is 2. The zero-order valence-corrected chi connectivity index (χ0v) is 17.6. The van der Waals surface area contributed by atoms with E-state index < -0.39 is 10.0 Å². The minimum absolute atomic E-state index is 0.0289. The van der Waals surface area contributed by atoms with E-state index in [1.54, 1.807) is 30.3 Å². The summed E-state index contributed by atoms with van der Waals surface area (Å²) in [4.78, 5) is 2.37. The highest BCUT2D eigenvalue weighted by atomic mass is 35.5. The van der Waals surface area contributed by atoms with Gasteiger partial charge in [-0.1, -0.05) is 23.2 Å². The van der Waals surface area contributed by atoms with Gasteiger partial charge < -0.3 is 9.64 Å². The lowest BCUT2D eigenvalue weighted by Gasteiger charge is -2.29. The van der Waals surface area contributed by atoms with Crippen LogP contribution in [0.1, 0.15) is 12.8 Å². The fraction of sp³-hybridized carbons (Fsp3) is 0.300. The smallest absolute Gasteiger partial charge is 0.268 e. The molecule has 1 aromatic heterocycles. The number of hydrogen-bond donors (Lipinski definition) is 0. The van der Waals surface area contributed by atoms with E-state index in [4.69, 9.17) is 27.9 Å². The first-order chi connectivity index (χ1) is 13.3. The molecule has 4 rings (SSSR count). The Morgan fingerprint density at radius 3 is 2.54 bits per heavy atom. The van der Waals surface area contributed by atoms with Gasteiger partial charge in [0, 0.05) is 35.8 Å². The Bertz CT molecular complexity index is 1120. The number of hydrogen-bond acceptors (Lipinski definition) is 4. The molecule has 0 unspecified atom stereocenters. The van der Waals surface area contributed by atoms with Crippen LogP contribution < -0.4 is 4.74 Å². The van der Waals surface area contributed by atoms with Crippen molar-refractivity contribution in [2.75, 3.05) is 20.1 Å². The van der Waals surface area contributed by atoms with Gasteiger partial charge in [0.25, 0.3) is 10.0 Å². The molecule has 1 aliphatic heterocycles. The van der Waals surface area contributed by atoms with E-state index in [1.807, 2.05) is 0 Å². The average Bonchev–Trinajstić information content (AvgIpc) is 3.09. The molecule has 0 bridgehead atoms. The first-order valence-corrected chi connectivity index (χ1v) is 11.2. The molecule has 8 heteroatoms. The maximum atomic E-state index is 13.2. The Labute approximate surface area is 174 Å². The number of piperidine rings is 1. The molecule has 148 valence electrons. The Balaban J connectivity index is 1.68. The maximum absolute atomic E-state index is 13.2. The minimum atomic E-state index is -3.80. The van der Waals surface area contributed by atoms with E-state index in [1.165, 1.54) is 22.3 Å². The number of aromatic nitrogens is 1. The summed E-state index contributed by atoms with van der Waals surface area (Å²) in [5.74, 6) is 0.400. The summed E-state index contributed by atoms with van der Waals surface area (Å²) in [6.45, 7) is 1.89. The van der Waals surface area contributed by atoms with Gasteiger partial charge in [-0.25, -0.2) is 12.4 Å². The van der Waals surface area contributed by atoms with Crippen LogP contribution in [0.5, 0.6) is 5.75 Å². The van der Waals surface area contributed by atoms with Crippen molar-refractivity contribution in [1.29, 1.82) is 0 Å². The second kappa shape index (κ2) is 7.59. The Morgan fingerprint density at radius 2 is 1.79 bits per heavy atom. The van der Waals surface area contributed by atoms with Crippen LogP contribution >= 0.6 is 23.2 Å². The Hall–Kier alpha value is -1.73. The van der Waals surface area contributed by atoms with Crippen LogP contribution in [0.25, 0.3) is 10.9 Å². The van der Waals surface area contributed by atoms with E-state index in [0.29, 0.717) is 21.3 Å². The summed E-state index contributed by atoms with van der Waals surface area (Å²) in [6, 6.07) is 11.4. The zero-order chi connectivity index (χ0) is 19.9. The van der Waals surface area contributed by atoms with E-state index in [2.05, 4.69) is 11.9 Å². The maximum Gasteiger partial charge on any atom is 0.268 e. The van der Waals surface area contributed by atoms with Gasteiger partial charge in [-0.15, -0.1) is 0 Å². The van der Waals surface area contributed by atoms with Crippen molar-refractivity contribution in [2.45, 2.75) is 23.8 Å². The van der Waals surface area contributed by atoms with E-state index in [0.717, 1.165) is 31.3 Å². The molecule has 1 aliphatic rings. The molecule has 2 aromatic carbocycles. The van der Waals surface area contributed by atoms with Crippen molar-refractivity contribution in [2.24, 2.45) is 0 Å². The molecule has 28 heavy (non-hydrogen) atoms. The fourth-order valence-corrected chi connectivity index (χ4v) is 5.14. The molecule has 0 N–H and O–H groups in total. The number of halogens is 2. The first-order valence-electron chi connectivity index (χ1n) is 9.01. The van der Waals surface area contributed by atoms with Crippen LogP contribution in [0.15, 0.2) is 53.6 Å². The quantitative estimate of drug-likeness (QED) is 0.594. The zero-order valence-electron chi connectivity index (χ0n) is 15.3. The van der Waals surface area contributed by atoms with Gasteiger partial charge in [0.2, 0.25) is 0 Å². The van der Waals surface area contributed by atoms with E-state index >= 15 is 0 Å². The lowest BCUT2D eigenvalue weighted by molar-refractivity contribution is 0.114. The molecule has 0 atom stereocenters. The van der Waals surface area contributed by atoms with E-state index in [-0.39, 0.29) is 11.0 Å². The Kier molecular flexibility index (Phi) is 5.31. The van der Waals surface area contributed by atoms with Crippen molar-refractivity contribution < 1.29 is 13.2 Å². The summed E-state index contributed by atoms with van der Waals surface area (Å²) in [7, 11) is -1.72. The molecule has 3 aromatic rings. The van der Waals surface area contributed by atoms with Gasteiger partial charge in [0.1, 0.15) is 11.9 Å². The molecule has 0 aliphatic carbocycles. The van der Waals surface area contributed by atoms with Gasteiger partial charge in [0.05, 0.1) is 15.4 Å². The monoisotopic (exact) mass is 438 g/mol. The molecule has 5 nitrogen and oxygen atoms in total. The lowest BCUT2D eigenvalue weighted by Crippen LogP contribution is -2.35. The van der Waals surface area contributed by atoms with Crippen LogP contribution in [0, 0.1) is 0 Å². The third-order valence-corrected chi connectivity index (χ3v) is 7.27. The molecule has 1 fully saturated rings. The number of likely N-dealkylation sites (tertiary alicyclic amines) is 1. The largest absolute Gasteiger partial charge is 0.489 e. The van der Waals surface area contributed by atoms with Crippen molar-refractivity contribution in [3.63, 3.8) is 0 Å². The van der Waals surface area contributed by atoms with Crippen LogP contribution in [0.2, 0.25) is 10.0 Å². The van der Waals surface area contributed by atoms with Gasteiger partial charge >= 0.3 is 0 Å². The fourth-order valence-electron chi connectivity index (χ4n) is 3.43. The molecular formula is C20H20Cl2N2O3S. The molecule has 0 saturated carbocycles. The second-order valence-electron chi connectivity index (χ2n) is 7.03. The Morgan fingerprint density at radius 1 is 1.04 bits per heavy atom. The van der Waals surface area contributed by atoms with Crippen LogP contribution in [0.4, 0.5) is 0 Å². The second-order valence-corrected chi connectivity index (χ2v) is 9.69. The predicted molar refractivity (Wildman–Crippen MR) is 112 cm³/mol. The molecule has 0 amide bonds. The number of ether oxygens (including phenoxy) is 1. The third kappa shape index (κ3) is 3.74. The van der Waals surface area contributed by atoms with Crippen LogP contribution in [-0.2, 0) is 10.0 Å². The molecule has 0 radical (unpaired) electrons. The standard InChI is InChI=1S/C20H20Cl2N2O3S/c1-23-9-7-16(8-10-23)27-20-13-17(3-4-18(20)22)28(25,26)24-11-6-14-12-15(21)2-5-19(14)24/h2-6,11-13,16H,7-10H2,1H3. The summed E-state index contributed by atoms with van der Waals surface area (Å²) >= 11 is 12.3. The van der Waals surface area contributed by atoms with Crippen molar-refractivity contribution in [1.82, 2.24) is 8.87 Å². The number of benzene rings is 2. The van der Waals surface area contributed by atoms with Gasteiger partial charge in [-0.05, 0) is 56.3 Å². The summed E-state index contributed by atoms with van der Waals surface area (Å²) in [5, 5.41) is 1.72. The topological polar surface area (TPSA) is 51.5 Å². The van der Waals surface area contributed by atoms with Crippen LogP contribution in [0.3, 0.4) is 0 Å². The molecule has 2 heterocycles. The summed E-state index contributed by atoms with van der Waals surface area (Å²) in [5.41, 5.74) is 0.567. The predicted octanol–water partition coefficient (Wildman–Crippen LogP) is 4.66. The van der Waals surface area contributed by atoms with Crippen LogP contribution in [-0.4, -0.2) is 43.5 Å². The third-order valence-electron chi connectivity index (χ3n) is 5.04. The highest BCUT2D eigenvalue weighted by Gasteiger charge is 2.23. The lowest BCUT2D eigenvalue weighted by atomic mass is 10.1. The van der Waals surface area contributed by atoms with Crippen molar-refractivity contribution >= 4 is 44.1 Å². The van der Waals surface area contributed by atoms with Gasteiger partial charge in [0.15, 0.2) is 0 Å². The summed E-state index contributed by atoms with van der Waals surface area (Å²) < 4.78 is 33.7. The highest BCUT2D eigenvalue weighted by molar-refractivity contribution is 7.90.